The van der Waals surface area contributed by atoms with Crippen molar-refractivity contribution in [1.82, 2.24) is 4.57 Å². The van der Waals surface area contributed by atoms with E-state index in [0.717, 1.165) is 22.7 Å². The zero-order valence-corrected chi connectivity index (χ0v) is 36.6. The smallest absolute Gasteiger partial charge is 0.0732 e. The van der Waals surface area contributed by atoms with Crippen molar-refractivity contribution in [1.29, 1.82) is 0 Å². The molecule has 67 heavy (non-hydrogen) atoms. The minimum atomic E-state index is -0.630. The Hall–Kier alpha value is -8.72. The monoisotopic (exact) mass is 850 g/mol. The van der Waals surface area contributed by atoms with E-state index >= 15 is 0 Å². The van der Waals surface area contributed by atoms with Gasteiger partial charge < -0.3 is 9.47 Å². The molecule has 1 spiro atoms. The van der Waals surface area contributed by atoms with Gasteiger partial charge in [0, 0.05) is 33.4 Å². The van der Waals surface area contributed by atoms with Crippen LogP contribution in [0.25, 0.3) is 82.8 Å². The second-order valence-electron chi connectivity index (χ2n) is 17.9. The van der Waals surface area contributed by atoms with Crippen molar-refractivity contribution in [3.8, 4) is 50.2 Å². The number of hydrogen-bond donors (Lipinski definition) is 0. The third-order valence-electron chi connectivity index (χ3n) is 14.6. The fourth-order valence-electron chi connectivity index (χ4n) is 11.9. The van der Waals surface area contributed by atoms with E-state index < -0.39 is 5.41 Å². The van der Waals surface area contributed by atoms with Crippen LogP contribution in [0.4, 0.5) is 17.1 Å². The second kappa shape index (κ2) is 14.7. The predicted molar refractivity (Wildman–Crippen MR) is 280 cm³/mol. The molecule has 12 aromatic rings. The molecular formula is C65H42N2. The van der Waals surface area contributed by atoms with E-state index in [1.807, 2.05) is 0 Å². The van der Waals surface area contributed by atoms with Gasteiger partial charge in [-0.15, -0.1) is 0 Å². The fourth-order valence-corrected chi connectivity index (χ4v) is 11.9. The molecule has 0 amide bonds. The van der Waals surface area contributed by atoms with Gasteiger partial charge >= 0.3 is 0 Å². The van der Waals surface area contributed by atoms with E-state index in [1.165, 1.54) is 99.3 Å². The van der Waals surface area contributed by atoms with E-state index in [2.05, 4.69) is 264 Å². The normalized spacial score (nSPS) is 14.3. The molecule has 2 aliphatic carbocycles. The van der Waals surface area contributed by atoms with Crippen LogP contribution in [0.15, 0.2) is 255 Å². The van der Waals surface area contributed by atoms with Gasteiger partial charge in [-0.25, -0.2) is 0 Å². The molecule has 0 saturated heterocycles. The first-order valence-electron chi connectivity index (χ1n) is 23.3. The summed E-state index contributed by atoms with van der Waals surface area (Å²) in [6.45, 7) is 0. The number of aromatic nitrogens is 1. The highest BCUT2D eigenvalue weighted by atomic mass is 15.1. The number of benzene rings is 11. The second-order valence-corrected chi connectivity index (χ2v) is 17.9. The molecule has 0 fully saturated rings. The standard InChI is InChI=1S/C65H42N2/c1-4-19-43(20-5-1)49-26-12-16-33-60(49)66(47-37-40-62-56(41-47)54-29-13-17-34-61(54)67(62)46-24-8-3-9-25-46)48-36-39-53-51-27-10-14-31-57(51)65(59(53)42-48)58-32-15-11-28-52(58)55-30-18-23-45-35-38-50(64(65)63(45)55)44-21-6-2-7-22-44/h1-42H. The molecule has 1 aromatic heterocycles. The molecule has 0 aliphatic heterocycles. The molecule has 0 saturated carbocycles. The number of anilines is 3. The topological polar surface area (TPSA) is 8.17 Å². The lowest BCUT2D eigenvalue weighted by Crippen LogP contribution is -2.32. The van der Waals surface area contributed by atoms with Crippen molar-refractivity contribution in [3.05, 3.63) is 277 Å². The summed E-state index contributed by atoms with van der Waals surface area (Å²) >= 11 is 0. The van der Waals surface area contributed by atoms with Gasteiger partial charge in [-0.1, -0.05) is 200 Å². The summed E-state index contributed by atoms with van der Waals surface area (Å²) in [5.74, 6) is 0. The largest absolute Gasteiger partial charge is 0.310 e. The number of para-hydroxylation sites is 3. The van der Waals surface area contributed by atoms with Crippen LogP contribution in [-0.4, -0.2) is 4.57 Å². The van der Waals surface area contributed by atoms with Gasteiger partial charge in [0.15, 0.2) is 0 Å². The van der Waals surface area contributed by atoms with Crippen molar-refractivity contribution >= 4 is 49.6 Å². The zero-order valence-electron chi connectivity index (χ0n) is 36.6. The van der Waals surface area contributed by atoms with Crippen LogP contribution >= 0.6 is 0 Å². The summed E-state index contributed by atoms with van der Waals surface area (Å²) in [5.41, 5.74) is 21.4. The van der Waals surface area contributed by atoms with Crippen molar-refractivity contribution in [2.45, 2.75) is 5.41 Å². The first-order chi connectivity index (χ1) is 33.3. The van der Waals surface area contributed by atoms with Gasteiger partial charge in [-0.2, -0.15) is 0 Å². The maximum atomic E-state index is 2.53. The van der Waals surface area contributed by atoms with Gasteiger partial charge in [-0.05, 0) is 127 Å². The number of nitrogens with zero attached hydrogens (tertiary/aromatic N) is 2. The first kappa shape index (κ1) is 37.6. The van der Waals surface area contributed by atoms with Gasteiger partial charge in [-0.3, -0.25) is 0 Å². The average Bonchev–Trinajstić information content (AvgIpc) is 3.89. The van der Waals surface area contributed by atoms with Crippen LogP contribution in [-0.2, 0) is 5.41 Å². The van der Waals surface area contributed by atoms with E-state index in [0.29, 0.717) is 0 Å². The Labute approximate surface area is 389 Å². The van der Waals surface area contributed by atoms with Crippen LogP contribution in [0, 0.1) is 0 Å². The Kier molecular flexibility index (Phi) is 8.23. The maximum Gasteiger partial charge on any atom is 0.0732 e. The summed E-state index contributed by atoms with van der Waals surface area (Å²) in [6, 6.07) is 94.6. The molecule has 14 rings (SSSR count). The van der Waals surface area contributed by atoms with Crippen molar-refractivity contribution in [2.24, 2.45) is 0 Å². The van der Waals surface area contributed by atoms with Crippen LogP contribution in [0.2, 0.25) is 0 Å². The van der Waals surface area contributed by atoms with E-state index in [1.54, 1.807) is 0 Å². The maximum absolute atomic E-state index is 2.53. The van der Waals surface area contributed by atoms with Crippen LogP contribution in [0.1, 0.15) is 22.3 Å². The number of rotatable bonds is 6. The van der Waals surface area contributed by atoms with Crippen LogP contribution in [0.3, 0.4) is 0 Å². The third-order valence-corrected chi connectivity index (χ3v) is 14.6. The molecule has 0 bridgehead atoms. The average molecular weight is 851 g/mol. The Morgan fingerprint density at radius 1 is 0.328 bits per heavy atom. The predicted octanol–water partition coefficient (Wildman–Crippen LogP) is 17.1. The number of hydrogen-bond acceptors (Lipinski definition) is 1. The van der Waals surface area contributed by atoms with E-state index in [-0.39, 0.29) is 0 Å². The van der Waals surface area contributed by atoms with Crippen LogP contribution < -0.4 is 4.90 Å². The quantitative estimate of drug-likeness (QED) is 0.162. The lowest BCUT2D eigenvalue weighted by atomic mass is 9.60. The third kappa shape index (κ3) is 5.39. The van der Waals surface area contributed by atoms with Crippen molar-refractivity contribution in [2.75, 3.05) is 4.90 Å². The minimum Gasteiger partial charge on any atom is -0.310 e. The molecular weight excluding hydrogens is 809 g/mol. The Bertz CT molecular complexity index is 3920. The molecule has 1 unspecified atom stereocenters. The molecule has 1 atom stereocenters. The summed E-state index contributed by atoms with van der Waals surface area (Å²) in [4.78, 5) is 2.51. The summed E-state index contributed by atoms with van der Waals surface area (Å²) in [5, 5.41) is 5.01. The van der Waals surface area contributed by atoms with Crippen molar-refractivity contribution in [3.63, 3.8) is 0 Å². The lowest BCUT2D eigenvalue weighted by molar-refractivity contribution is 0.775. The molecule has 2 nitrogen and oxygen atoms in total. The summed E-state index contributed by atoms with van der Waals surface area (Å²) in [6.07, 6.45) is 0. The molecule has 2 aliphatic rings. The van der Waals surface area contributed by atoms with Gasteiger partial charge in [0.25, 0.3) is 0 Å². The highest BCUT2D eigenvalue weighted by molar-refractivity contribution is 6.12. The fraction of sp³-hybridized carbons (Fsp3) is 0.0154. The highest BCUT2D eigenvalue weighted by Gasteiger charge is 2.51. The molecule has 0 radical (unpaired) electrons. The minimum absolute atomic E-state index is 0.630. The SMILES string of the molecule is c1ccc(-c2ccccc2N(c2ccc3c(c2)C2(c4ccccc4-3)c3ccccc3-c3cccc4ccc(-c5ccccc5)c2c34)c2ccc3c(c2)c2ccccc2n3-c2ccccc2)cc1. The Morgan fingerprint density at radius 3 is 1.63 bits per heavy atom. The van der Waals surface area contributed by atoms with Gasteiger partial charge in [0.2, 0.25) is 0 Å². The molecule has 312 valence electrons. The highest BCUT2D eigenvalue weighted by Crippen LogP contribution is 2.64. The number of fused-ring (bicyclic) bond motifs is 12. The van der Waals surface area contributed by atoms with E-state index in [4.69, 9.17) is 0 Å². The Morgan fingerprint density at radius 2 is 0.866 bits per heavy atom. The van der Waals surface area contributed by atoms with Gasteiger partial charge in [0.05, 0.1) is 22.1 Å². The van der Waals surface area contributed by atoms with Crippen LogP contribution in [0.5, 0.6) is 0 Å². The van der Waals surface area contributed by atoms with Crippen molar-refractivity contribution < 1.29 is 0 Å². The molecule has 0 N–H and O–H groups in total. The zero-order chi connectivity index (χ0) is 44.1. The molecule has 2 heteroatoms. The van der Waals surface area contributed by atoms with Gasteiger partial charge in [0.1, 0.15) is 0 Å². The lowest BCUT2D eigenvalue weighted by Gasteiger charge is -2.41. The molecule has 11 aromatic carbocycles. The summed E-state index contributed by atoms with van der Waals surface area (Å²) < 4.78 is 2.40. The first-order valence-corrected chi connectivity index (χ1v) is 23.3. The Balaban J connectivity index is 1.09. The molecule has 1 heterocycles. The summed E-state index contributed by atoms with van der Waals surface area (Å²) in [7, 11) is 0. The van der Waals surface area contributed by atoms with E-state index in [9.17, 15) is 0 Å².